The molecule has 20 heavy (non-hydrogen) atoms. The summed E-state index contributed by atoms with van der Waals surface area (Å²) in [5, 5.41) is 6.98. The molecule has 1 N–H and O–H groups in total. The average Bonchev–Trinajstić information content (AvgIpc) is 2.97. The summed E-state index contributed by atoms with van der Waals surface area (Å²) in [4.78, 5) is 7.12. The van der Waals surface area contributed by atoms with E-state index in [4.69, 9.17) is 4.98 Å². The van der Waals surface area contributed by atoms with Crippen molar-refractivity contribution in [3.63, 3.8) is 0 Å². The SMILES string of the molecule is CN1CCC(NCc2nc(-c3ccccc3)cs2)CC1. The van der Waals surface area contributed by atoms with E-state index >= 15 is 0 Å². The maximum atomic E-state index is 4.73. The minimum atomic E-state index is 0.648. The van der Waals surface area contributed by atoms with Gasteiger partial charge in [0, 0.05) is 23.5 Å². The standard InChI is InChI=1S/C16H21N3S/c1-19-9-7-14(8-10-19)17-11-16-18-15(12-20-16)13-5-3-2-4-6-13/h2-6,12,14,17H,7-11H2,1H3. The van der Waals surface area contributed by atoms with Gasteiger partial charge in [0.05, 0.1) is 5.69 Å². The van der Waals surface area contributed by atoms with E-state index in [0.717, 1.165) is 12.2 Å². The van der Waals surface area contributed by atoms with Gasteiger partial charge in [-0.15, -0.1) is 11.3 Å². The summed E-state index contributed by atoms with van der Waals surface area (Å²) >= 11 is 1.75. The molecule has 1 aromatic carbocycles. The number of nitrogens with one attached hydrogen (secondary N) is 1. The number of likely N-dealkylation sites (tertiary alicyclic amines) is 1. The molecule has 1 saturated heterocycles. The van der Waals surface area contributed by atoms with Gasteiger partial charge in [-0.25, -0.2) is 4.98 Å². The number of thiazole rings is 1. The Balaban J connectivity index is 1.55. The maximum absolute atomic E-state index is 4.73. The van der Waals surface area contributed by atoms with Crippen LogP contribution in [0, 0.1) is 0 Å². The van der Waals surface area contributed by atoms with E-state index in [2.05, 4.69) is 46.9 Å². The van der Waals surface area contributed by atoms with E-state index in [1.807, 2.05) is 6.07 Å². The zero-order valence-electron chi connectivity index (χ0n) is 11.9. The second-order valence-electron chi connectivity index (χ2n) is 5.45. The molecule has 1 aliphatic rings. The van der Waals surface area contributed by atoms with E-state index in [9.17, 15) is 0 Å². The third-order valence-electron chi connectivity index (χ3n) is 3.88. The molecule has 4 heteroatoms. The van der Waals surface area contributed by atoms with Crippen LogP contribution in [0.5, 0.6) is 0 Å². The summed E-state index contributed by atoms with van der Waals surface area (Å²) in [7, 11) is 2.20. The lowest BCUT2D eigenvalue weighted by molar-refractivity contribution is 0.234. The minimum Gasteiger partial charge on any atom is -0.308 e. The first-order chi connectivity index (χ1) is 9.81. The molecule has 0 radical (unpaired) electrons. The molecule has 0 unspecified atom stereocenters. The molecule has 1 aromatic heterocycles. The lowest BCUT2D eigenvalue weighted by Gasteiger charge is -2.29. The highest BCUT2D eigenvalue weighted by Gasteiger charge is 2.16. The molecule has 1 fully saturated rings. The minimum absolute atomic E-state index is 0.648. The highest BCUT2D eigenvalue weighted by Crippen LogP contribution is 2.21. The van der Waals surface area contributed by atoms with Crippen LogP contribution in [0.3, 0.4) is 0 Å². The summed E-state index contributed by atoms with van der Waals surface area (Å²) in [6.07, 6.45) is 2.49. The van der Waals surface area contributed by atoms with Gasteiger partial charge >= 0.3 is 0 Å². The van der Waals surface area contributed by atoms with Crippen molar-refractivity contribution in [3.8, 4) is 11.3 Å². The predicted molar refractivity (Wildman–Crippen MR) is 84.9 cm³/mol. The van der Waals surface area contributed by atoms with Crippen LogP contribution in [-0.2, 0) is 6.54 Å². The molecule has 0 saturated carbocycles. The van der Waals surface area contributed by atoms with Crippen LogP contribution in [-0.4, -0.2) is 36.1 Å². The normalized spacial score (nSPS) is 17.4. The van der Waals surface area contributed by atoms with Crippen LogP contribution in [0.25, 0.3) is 11.3 Å². The van der Waals surface area contributed by atoms with Gasteiger partial charge in [0.25, 0.3) is 0 Å². The molecule has 2 aromatic rings. The van der Waals surface area contributed by atoms with E-state index < -0.39 is 0 Å². The zero-order valence-corrected chi connectivity index (χ0v) is 12.7. The lowest BCUT2D eigenvalue weighted by atomic mass is 10.1. The summed E-state index contributed by atoms with van der Waals surface area (Å²) < 4.78 is 0. The van der Waals surface area contributed by atoms with Crippen LogP contribution in [0.15, 0.2) is 35.7 Å². The first kappa shape index (κ1) is 13.7. The fraction of sp³-hybridized carbons (Fsp3) is 0.438. The van der Waals surface area contributed by atoms with Gasteiger partial charge < -0.3 is 10.2 Å². The molecule has 106 valence electrons. The van der Waals surface area contributed by atoms with Crippen molar-refractivity contribution in [1.82, 2.24) is 15.2 Å². The van der Waals surface area contributed by atoms with E-state index in [0.29, 0.717) is 6.04 Å². The van der Waals surface area contributed by atoms with Crippen molar-refractivity contribution in [2.75, 3.05) is 20.1 Å². The van der Waals surface area contributed by atoms with Gasteiger partial charge in [-0.1, -0.05) is 30.3 Å². The van der Waals surface area contributed by atoms with Gasteiger partial charge in [-0.2, -0.15) is 0 Å². The first-order valence-corrected chi connectivity index (χ1v) is 8.11. The summed E-state index contributed by atoms with van der Waals surface area (Å²) in [5.41, 5.74) is 2.30. The Morgan fingerprint density at radius 1 is 1.25 bits per heavy atom. The summed E-state index contributed by atoms with van der Waals surface area (Å²) in [6.45, 7) is 3.29. The molecule has 0 bridgehead atoms. The Bertz CT molecular complexity index is 530. The Labute approximate surface area is 124 Å². The number of aromatic nitrogens is 1. The molecule has 2 heterocycles. The number of hydrogen-bond acceptors (Lipinski definition) is 4. The number of nitrogens with zero attached hydrogens (tertiary/aromatic N) is 2. The van der Waals surface area contributed by atoms with E-state index in [1.54, 1.807) is 11.3 Å². The second kappa shape index (κ2) is 6.48. The van der Waals surface area contributed by atoms with Gasteiger partial charge in [0.15, 0.2) is 0 Å². The average molecular weight is 287 g/mol. The highest BCUT2D eigenvalue weighted by atomic mass is 32.1. The quantitative estimate of drug-likeness (QED) is 0.937. The van der Waals surface area contributed by atoms with Crippen LogP contribution in [0.4, 0.5) is 0 Å². The van der Waals surface area contributed by atoms with Crippen LogP contribution in [0.2, 0.25) is 0 Å². The number of rotatable bonds is 4. The zero-order chi connectivity index (χ0) is 13.8. The summed E-state index contributed by atoms with van der Waals surface area (Å²) in [6, 6.07) is 11.0. The van der Waals surface area contributed by atoms with Crippen molar-refractivity contribution in [2.45, 2.75) is 25.4 Å². The number of hydrogen-bond donors (Lipinski definition) is 1. The first-order valence-electron chi connectivity index (χ1n) is 7.23. The van der Waals surface area contributed by atoms with Crippen LogP contribution < -0.4 is 5.32 Å². The molecule has 3 nitrogen and oxygen atoms in total. The van der Waals surface area contributed by atoms with E-state index in [-0.39, 0.29) is 0 Å². The van der Waals surface area contributed by atoms with Crippen molar-refractivity contribution in [1.29, 1.82) is 0 Å². The molecular formula is C16H21N3S. The molecule has 3 rings (SSSR count). The van der Waals surface area contributed by atoms with E-state index in [1.165, 1.54) is 36.5 Å². The summed E-state index contributed by atoms with van der Waals surface area (Å²) in [5.74, 6) is 0. The molecule has 0 amide bonds. The fourth-order valence-corrected chi connectivity index (χ4v) is 3.33. The highest BCUT2D eigenvalue weighted by molar-refractivity contribution is 7.09. The predicted octanol–water partition coefficient (Wildman–Crippen LogP) is 2.99. The number of benzene rings is 1. The molecule has 0 aliphatic carbocycles. The van der Waals surface area contributed by atoms with Crippen LogP contribution >= 0.6 is 11.3 Å². The Hall–Kier alpha value is -1.23. The Kier molecular flexibility index (Phi) is 4.45. The van der Waals surface area contributed by atoms with Gasteiger partial charge in [0.2, 0.25) is 0 Å². The van der Waals surface area contributed by atoms with Crippen molar-refractivity contribution in [3.05, 3.63) is 40.7 Å². The van der Waals surface area contributed by atoms with Gasteiger partial charge in [-0.05, 0) is 33.0 Å². The largest absolute Gasteiger partial charge is 0.308 e. The third kappa shape index (κ3) is 3.45. The van der Waals surface area contributed by atoms with Crippen molar-refractivity contribution >= 4 is 11.3 Å². The molecule has 0 atom stereocenters. The van der Waals surface area contributed by atoms with Gasteiger partial charge in [-0.3, -0.25) is 0 Å². The Morgan fingerprint density at radius 2 is 2.00 bits per heavy atom. The smallest absolute Gasteiger partial charge is 0.107 e. The fourth-order valence-electron chi connectivity index (χ4n) is 2.58. The van der Waals surface area contributed by atoms with Crippen molar-refractivity contribution < 1.29 is 0 Å². The number of piperidine rings is 1. The second-order valence-corrected chi connectivity index (χ2v) is 6.39. The monoisotopic (exact) mass is 287 g/mol. The topological polar surface area (TPSA) is 28.2 Å². The lowest BCUT2D eigenvalue weighted by Crippen LogP contribution is -2.40. The molecule has 1 aliphatic heterocycles. The van der Waals surface area contributed by atoms with Crippen molar-refractivity contribution in [2.24, 2.45) is 0 Å². The molecular weight excluding hydrogens is 266 g/mol. The Morgan fingerprint density at radius 3 is 2.75 bits per heavy atom. The maximum Gasteiger partial charge on any atom is 0.107 e. The third-order valence-corrected chi connectivity index (χ3v) is 4.73. The van der Waals surface area contributed by atoms with Crippen LogP contribution in [0.1, 0.15) is 17.8 Å². The van der Waals surface area contributed by atoms with Gasteiger partial charge in [0.1, 0.15) is 5.01 Å². The molecule has 0 spiro atoms.